The van der Waals surface area contributed by atoms with E-state index in [2.05, 4.69) is 20.8 Å². The second kappa shape index (κ2) is 6.75. The number of aromatic nitrogens is 2. The Labute approximate surface area is 159 Å². The lowest BCUT2D eigenvalue weighted by molar-refractivity contribution is -0.0234. The molecule has 4 rings (SSSR count). The third-order valence-corrected chi connectivity index (χ3v) is 5.17. The van der Waals surface area contributed by atoms with Crippen LogP contribution in [0.25, 0.3) is 0 Å². The summed E-state index contributed by atoms with van der Waals surface area (Å²) >= 11 is 0. The number of morpholine rings is 1. The smallest absolute Gasteiger partial charge is 0.272 e. The Bertz CT molecular complexity index is 834. The molecule has 2 fully saturated rings. The highest BCUT2D eigenvalue weighted by atomic mass is 19.1. The van der Waals surface area contributed by atoms with Gasteiger partial charge in [-0.3, -0.25) is 9.48 Å². The number of hydrogen-bond acceptors (Lipinski definition) is 3. The number of benzene rings is 1. The van der Waals surface area contributed by atoms with E-state index in [1.165, 1.54) is 12.1 Å². The fourth-order valence-electron chi connectivity index (χ4n) is 3.52. The van der Waals surface area contributed by atoms with Crippen LogP contribution in [0.4, 0.5) is 4.39 Å². The Hall–Kier alpha value is -2.21. The minimum Gasteiger partial charge on any atom is -0.370 e. The molecule has 1 saturated carbocycles. The van der Waals surface area contributed by atoms with Gasteiger partial charge in [0.05, 0.1) is 24.4 Å². The molecule has 1 aromatic heterocycles. The summed E-state index contributed by atoms with van der Waals surface area (Å²) in [6.45, 7) is 7.66. The van der Waals surface area contributed by atoms with Crippen molar-refractivity contribution >= 4 is 5.91 Å². The third kappa shape index (κ3) is 3.76. The second-order valence-corrected chi connectivity index (χ2v) is 8.47. The summed E-state index contributed by atoms with van der Waals surface area (Å²) in [5.41, 5.74) is 2.29. The van der Waals surface area contributed by atoms with Gasteiger partial charge in [-0.05, 0) is 57.4 Å². The molecule has 1 aliphatic carbocycles. The molecule has 1 amide bonds. The summed E-state index contributed by atoms with van der Waals surface area (Å²) < 4.78 is 20.9. The van der Waals surface area contributed by atoms with Gasteiger partial charge in [0.2, 0.25) is 0 Å². The van der Waals surface area contributed by atoms with E-state index < -0.39 is 0 Å². The van der Waals surface area contributed by atoms with Crippen LogP contribution in [0.1, 0.15) is 67.4 Å². The molecule has 0 N–H and O–H groups in total. The van der Waals surface area contributed by atoms with Crippen molar-refractivity contribution in [2.24, 2.45) is 0 Å². The van der Waals surface area contributed by atoms with Gasteiger partial charge < -0.3 is 9.64 Å². The molecule has 1 atom stereocenters. The molecule has 1 aromatic carbocycles. The zero-order chi connectivity index (χ0) is 19.2. The third-order valence-electron chi connectivity index (χ3n) is 5.17. The van der Waals surface area contributed by atoms with E-state index in [9.17, 15) is 9.18 Å². The Balaban J connectivity index is 1.58. The Kier molecular flexibility index (Phi) is 4.54. The van der Waals surface area contributed by atoms with Crippen molar-refractivity contribution in [1.29, 1.82) is 0 Å². The molecule has 2 heterocycles. The average Bonchev–Trinajstić information content (AvgIpc) is 3.39. The normalized spacial score (nSPS) is 20.7. The van der Waals surface area contributed by atoms with E-state index in [0.717, 1.165) is 24.1 Å². The van der Waals surface area contributed by atoms with Crippen LogP contribution in [0.15, 0.2) is 30.3 Å². The van der Waals surface area contributed by atoms with Gasteiger partial charge >= 0.3 is 0 Å². The van der Waals surface area contributed by atoms with E-state index in [1.807, 2.05) is 15.6 Å². The van der Waals surface area contributed by atoms with Crippen molar-refractivity contribution in [2.45, 2.75) is 51.2 Å². The van der Waals surface area contributed by atoms with Gasteiger partial charge in [-0.1, -0.05) is 12.1 Å². The maximum absolute atomic E-state index is 13.3. The van der Waals surface area contributed by atoms with Crippen molar-refractivity contribution in [1.82, 2.24) is 14.7 Å². The van der Waals surface area contributed by atoms with Crippen LogP contribution in [0.3, 0.4) is 0 Å². The number of amides is 1. The minimum atomic E-state index is -0.274. The zero-order valence-electron chi connectivity index (χ0n) is 16.1. The fourth-order valence-corrected chi connectivity index (χ4v) is 3.52. The van der Waals surface area contributed by atoms with Crippen molar-refractivity contribution in [3.63, 3.8) is 0 Å². The molecule has 0 bridgehead atoms. The topological polar surface area (TPSA) is 47.4 Å². The highest BCUT2D eigenvalue weighted by Gasteiger charge is 2.34. The van der Waals surface area contributed by atoms with Gasteiger partial charge in [-0.25, -0.2) is 4.39 Å². The number of hydrogen-bond donors (Lipinski definition) is 0. The lowest BCUT2D eigenvalue weighted by atomic mass is 10.1. The van der Waals surface area contributed by atoms with E-state index in [0.29, 0.717) is 31.3 Å². The van der Waals surface area contributed by atoms with Gasteiger partial charge in [-0.2, -0.15) is 5.10 Å². The Morgan fingerprint density at radius 2 is 1.93 bits per heavy atom. The summed E-state index contributed by atoms with van der Waals surface area (Å²) in [5.74, 6) is 0.209. The highest BCUT2D eigenvalue weighted by molar-refractivity contribution is 5.93. The van der Waals surface area contributed by atoms with Crippen LogP contribution in [0.2, 0.25) is 0 Å². The average molecular weight is 371 g/mol. The van der Waals surface area contributed by atoms with Crippen LogP contribution < -0.4 is 0 Å². The molecule has 144 valence electrons. The molecular formula is C21H26FN3O2. The first-order valence-electron chi connectivity index (χ1n) is 9.60. The molecule has 2 aliphatic rings. The van der Waals surface area contributed by atoms with Crippen LogP contribution in [0, 0.1) is 5.82 Å². The molecule has 2 aromatic rings. The number of halogens is 1. The zero-order valence-corrected chi connectivity index (χ0v) is 16.1. The summed E-state index contributed by atoms with van der Waals surface area (Å²) in [6, 6.07) is 8.26. The van der Waals surface area contributed by atoms with Crippen LogP contribution >= 0.6 is 0 Å². The maximum Gasteiger partial charge on any atom is 0.272 e. The lowest BCUT2D eigenvalue weighted by Gasteiger charge is -2.34. The SMILES string of the molecule is CC(C)(C)n1nc(C2CC2)cc1C(=O)N1CCOC(c2ccc(F)cc2)C1. The molecule has 1 saturated heterocycles. The summed E-state index contributed by atoms with van der Waals surface area (Å²) in [7, 11) is 0. The van der Waals surface area contributed by atoms with Crippen LogP contribution in [-0.2, 0) is 10.3 Å². The number of carbonyl (C=O) groups is 1. The van der Waals surface area contributed by atoms with Crippen molar-refractivity contribution in [3.05, 3.63) is 53.1 Å². The van der Waals surface area contributed by atoms with Gasteiger partial charge in [-0.15, -0.1) is 0 Å². The van der Waals surface area contributed by atoms with Gasteiger partial charge in [0.15, 0.2) is 0 Å². The predicted octanol–water partition coefficient (Wildman–Crippen LogP) is 3.87. The largest absolute Gasteiger partial charge is 0.370 e. The number of nitrogens with zero attached hydrogens (tertiary/aromatic N) is 3. The monoisotopic (exact) mass is 371 g/mol. The molecule has 0 radical (unpaired) electrons. The summed E-state index contributed by atoms with van der Waals surface area (Å²) in [5, 5.41) is 4.74. The number of rotatable bonds is 3. The van der Waals surface area contributed by atoms with Crippen molar-refractivity contribution in [3.8, 4) is 0 Å². The van der Waals surface area contributed by atoms with Gasteiger partial charge in [0.1, 0.15) is 17.6 Å². The lowest BCUT2D eigenvalue weighted by Crippen LogP contribution is -2.43. The van der Waals surface area contributed by atoms with E-state index in [1.54, 1.807) is 12.1 Å². The molecular weight excluding hydrogens is 345 g/mol. The number of carbonyl (C=O) groups excluding carboxylic acids is 1. The first-order chi connectivity index (χ1) is 12.8. The van der Waals surface area contributed by atoms with Crippen LogP contribution in [0.5, 0.6) is 0 Å². The Morgan fingerprint density at radius 3 is 2.56 bits per heavy atom. The van der Waals surface area contributed by atoms with E-state index in [-0.39, 0.29) is 23.4 Å². The van der Waals surface area contributed by atoms with Gasteiger partial charge in [0.25, 0.3) is 5.91 Å². The molecule has 6 heteroatoms. The first-order valence-corrected chi connectivity index (χ1v) is 9.60. The number of ether oxygens (including phenoxy) is 1. The quantitative estimate of drug-likeness (QED) is 0.823. The van der Waals surface area contributed by atoms with Crippen LogP contribution in [-0.4, -0.2) is 40.3 Å². The fraction of sp³-hybridized carbons (Fsp3) is 0.524. The van der Waals surface area contributed by atoms with Crippen molar-refractivity contribution in [2.75, 3.05) is 19.7 Å². The van der Waals surface area contributed by atoms with E-state index >= 15 is 0 Å². The molecule has 27 heavy (non-hydrogen) atoms. The standard InChI is InChI=1S/C21H26FN3O2/c1-21(2,3)25-18(12-17(23-25)14-4-5-14)20(26)24-10-11-27-19(13-24)15-6-8-16(22)9-7-15/h6-9,12,14,19H,4-5,10-11,13H2,1-3H3. The molecule has 1 unspecified atom stereocenters. The first kappa shape index (κ1) is 18.2. The Morgan fingerprint density at radius 1 is 1.22 bits per heavy atom. The minimum absolute atomic E-state index is 0.0141. The summed E-state index contributed by atoms with van der Waals surface area (Å²) in [6.07, 6.45) is 2.06. The summed E-state index contributed by atoms with van der Waals surface area (Å²) in [4.78, 5) is 15.1. The molecule has 5 nitrogen and oxygen atoms in total. The molecule has 1 aliphatic heterocycles. The second-order valence-electron chi connectivity index (χ2n) is 8.47. The van der Waals surface area contributed by atoms with Gasteiger partial charge in [0, 0.05) is 12.5 Å². The highest BCUT2D eigenvalue weighted by Crippen LogP contribution is 2.40. The predicted molar refractivity (Wildman–Crippen MR) is 100 cm³/mol. The van der Waals surface area contributed by atoms with E-state index in [4.69, 9.17) is 9.84 Å². The maximum atomic E-state index is 13.3. The van der Waals surface area contributed by atoms with Crippen molar-refractivity contribution < 1.29 is 13.9 Å². The molecule has 0 spiro atoms.